The Morgan fingerprint density at radius 3 is 2.68 bits per heavy atom. The average Bonchev–Trinajstić information content (AvgIpc) is 3.45. The maximum Gasteiger partial charge on any atom is 0.341 e. The van der Waals surface area contributed by atoms with E-state index in [1.807, 2.05) is 12.1 Å². The third-order valence-electron chi connectivity index (χ3n) is 6.48. The standard InChI is InChI=1S/C27H29N3O5S3/c1-3-35-26(33)22-18-7-5-4-6-8-20(18)38-24(22)29-21(31)15-37-27-28-19-13-14-36-23(19)25(32)30(27)16-9-11-17(34-2)12-10-16/h9-12H,3-8,13-15H2,1-2H3,(H,29,31). The number of hydrogen-bond acceptors (Lipinski definition) is 9. The Bertz CT molecular complexity index is 1410. The maximum atomic E-state index is 13.4. The Morgan fingerprint density at radius 2 is 1.92 bits per heavy atom. The molecule has 0 spiro atoms. The fourth-order valence-corrected chi connectivity index (χ4v) is 7.84. The molecule has 2 aromatic heterocycles. The molecule has 0 saturated heterocycles. The Labute approximate surface area is 233 Å². The molecule has 38 heavy (non-hydrogen) atoms. The van der Waals surface area contributed by atoms with E-state index in [-0.39, 0.29) is 29.8 Å². The molecule has 0 saturated carbocycles. The number of aromatic nitrogens is 2. The number of thioether (sulfide) groups is 2. The van der Waals surface area contributed by atoms with Crippen LogP contribution in [0, 0.1) is 0 Å². The monoisotopic (exact) mass is 571 g/mol. The van der Waals surface area contributed by atoms with Gasteiger partial charge < -0.3 is 14.8 Å². The van der Waals surface area contributed by atoms with E-state index in [1.165, 1.54) is 34.9 Å². The van der Waals surface area contributed by atoms with Crippen LogP contribution >= 0.6 is 34.9 Å². The highest BCUT2D eigenvalue weighted by Crippen LogP contribution is 2.38. The van der Waals surface area contributed by atoms with Crippen LogP contribution < -0.4 is 15.6 Å². The number of nitrogens with one attached hydrogen (secondary N) is 1. The molecule has 1 aliphatic heterocycles. The highest BCUT2D eigenvalue weighted by molar-refractivity contribution is 8.00. The van der Waals surface area contributed by atoms with Crippen molar-refractivity contribution in [2.24, 2.45) is 0 Å². The van der Waals surface area contributed by atoms with Gasteiger partial charge in [0.05, 0.1) is 41.3 Å². The summed E-state index contributed by atoms with van der Waals surface area (Å²) >= 11 is 4.20. The molecule has 0 bridgehead atoms. The van der Waals surface area contributed by atoms with E-state index in [2.05, 4.69) is 5.32 Å². The number of aryl methyl sites for hydroxylation is 2. The first-order valence-electron chi connectivity index (χ1n) is 12.7. The first kappa shape index (κ1) is 26.8. The van der Waals surface area contributed by atoms with E-state index in [0.717, 1.165) is 60.4 Å². The van der Waals surface area contributed by atoms with Gasteiger partial charge in [-0.3, -0.25) is 14.2 Å². The molecule has 1 aromatic carbocycles. The molecule has 1 aliphatic carbocycles. The highest BCUT2D eigenvalue weighted by atomic mass is 32.2. The van der Waals surface area contributed by atoms with Crippen LogP contribution in [-0.4, -0.2) is 46.6 Å². The minimum atomic E-state index is -0.388. The highest BCUT2D eigenvalue weighted by Gasteiger charge is 2.27. The lowest BCUT2D eigenvalue weighted by atomic mass is 10.1. The second-order valence-corrected chi connectivity index (χ2v) is 12.1. The zero-order valence-corrected chi connectivity index (χ0v) is 23.8. The summed E-state index contributed by atoms with van der Waals surface area (Å²) in [4.78, 5) is 46.0. The van der Waals surface area contributed by atoms with Gasteiger partial charge in [0.2, 0.25) is 5.91 Å². The van der Waals surface area contributed by atoms with Crippen molar-refractivity contribution in [1.29, 1.82) is 0 Å². The molecule has 0 unspecified atom stereocenters. The number of carbonyl (C=O) groups is 2. The topological polar surface area (TPSA) is 99.5 Å². The number of methoxy groups -OCH3 is 1. The van der Waals surface area contributed by atoms with E-state index in [1.54, 1.807) is 30.7 Å². The summed E-state index contributed by atoms with van der Waals surface area (Å²) in [5, 5.41) is 3.97. The molecule has 11 heteroatoms. The zero-order valence-electron chi connectivity index (χ0n) is 21.3. The molecule has 0 fully saturated rings. The molecule has 0 radical (unpaired) electrons. The molecule has 1 amide bonds. The molecule has 8 nitrogen and oxygen atoms in total. The molecule has 3 heterocycles. The lowest BCUT2D eigenvalue weighted by molar-refractivity contribution is -0.113. The number of nitrogens with zero attached hydrogens (tertiary/aromatic N) is 2. The molecule has 5 rings (SSSR count). The predicted octanol–water partition coefficient (Wildman–Crippen LogP) is 5.13. The summed E-state index contributed by atoms with van der Waals surface area (Å²) in [6.07, 6.45) is 5.67. The Balaban J connectivity index is 1.40. The number of carbonyl (C=O) groups excluding carboxylic acids is 2. The van der Waals surface area contributed by atoms with Crippen LogP contribution in [0.4, 0.5) is 5.00 Å². The van der Waals surface area contributed by atoms with Crippen molar-refractivity contribution in [3.8, 4) is 11.4 Å². The Hall–Kier alpha value is -2.76. The minimum Gasteiger partial charge on any atom is -0.497 e. The van der Waals surface area contributed by atoms with E-state index in [0.29, 0.717) is 32.1 Å². The van der Waals surface area contributed by atoms with Gasteiger partial charge in [-0.05, 0) is 62.4 Å². The van der Waals surface area contributed by atoms with Crippen molar-refractivity contribution in [3.05, 3.63) is 56.3 Å². The van der Waals surface area contributed by atoms with Crippen molar-refractivity contribution in [3.63, 3.8) is 0 Å². The first-order chi connectivity index (χ1) is 18.5. The zero-order chi connectivity index (χ0) is 26.6. The number of thiophene rings is 1. The van der Waals surface area contributed by atoms with Crippen molar-refractivity contribution in [1.82, 2.24) is 9.55 Å². The second-order valence-electron chi connectivity index (χ2n) is 8.93. The second kappa shape index (κ2) is 12.0. The smallest absolute Gasteiger partial charge is 0.341 e. The molecular formula is C27H29N3O5S3. The van der Waals surface area contributed by atoms with Gasteiger partial charge in [0.1, 0.15) is 10.8 Å². The Morgan fingerprint density at radius 1 is 1.13 bits per heavy atom. The molecule has 200 valence electrons. The summed E-state index contributed by atoms with van der Waals surface area (Å²) in [6, 6.07) is 7.20. The van der Waals surface area contributed by atoms with Gasteiger partial charge in [0, 0.05) is 17.1 Å². The van der Waals surface area contributed by atoms with Gasteiger partial charge in [0.25, 0.3) is 5.56 Å². The number of rotatable bonds is 8. The molecule has 2 aliphatic rings. The van der Waals surface area contributed by atoms with Gasteiger partial charge in [0.15, 0.2) is 5.16 Å². The number of esters is 1. The summed E-state index contributed by atoms with van der Waals surface area (Å²) in [5.74, 6) is 0.891. The van der Waals surface area contributed by atoms with Gasteiger partial charge in [-0.2, -0.15) is 0 Å². The normalized spacial score (nSPS) is 14.4. The van der Waals surface area contributed by atoms with E-state index >= 15 is 0 Å². The number of ether oxygens (including phenoxy) is 2. The average molecular weight is 572 g/mol. The summed E-state index contributed by atoms with van der Waals surface area (Å²) in [7, 11) is 1.59. The lowest BCUT2D eigenvalue weighted by Crippen LogP contribution is -2.24. The van der Waals surface area contributed by atoms with Crippen LogP contribution in [0.3, 0.4) is 0 Å². The van der Waals surface area contributed by atoms with Crippen molar-refractivity contribution in [2.45, 2.75) is 55.5 Å². The van der Waals surface area contributed by atoms with Gasteiger partial charge in [-0.25, -0.2) is 9.78 Å². The van der Waals surface area contributed by atoms with Crippen molar-refractivity contribution in [2.75, 3.05) is 30.5 Å². The number of fused-ring (bicyclic) bond motifs is 2. The molecule has 1 N–H and O–H groups in total. The molecule has 0 atom stereocenters. The third kappa shape index (κ3) is 5.50. The van der Waals surface area contributed by atoms with E-state index in [9.17, 15) is 14.4 Å². The fraction of sp³-hybridized carbons (Fsp3) is 0.407. The van der Waals surface area contributed by atoms with Crippen LogP contribution in [0.25, 0.3) is 5.69 Å². The third-order valence-corrected chi connectivity index (χ3v) is 9.74. The quantitative estimate of drug-likeness (QED) is 0.172. The number of benzene rings is 1. The lowest BCUT2D eigenvalue weighted by Gasteiger charge is -2.14. The number of anilines is 1. The largest absolute Gasteiger partial charge is 0.497 e. The van der Waals surface area contributed by atoms with Crippen molar-refractivity contribution < 1.29 is 19.1 Å². The Kier molecular flexibility index (Phi) is 8.45. The minimum absolute atomic E-state index is 0.0410. The summed E-state index contributed by atoms with van der Waals surface area (Å²) < 4.78 is 12.2. The van der Waals surface area contributed by atoms with Gasteiger partial charge >= 0.3 is 5.97 Å². The molecular weight excluding hydrogens is 543 g/mol. The van der Waals surface area contributed by atoms with Crippen LogP contribution in [0.5, 0.6) is 5.75 Å². The predicted molar refractivity (Wildman–Crippen MR) is 152 cm³/mol. The van der Waals surface area contributed by atoms with Crippen LogP contribution in [-0.2, 0) is 28.8 Å². The first-order valence-corrected chi connectivity index (χ1v) is 15.5. The number of hydrogen-bond donors (Lipinski definition) is 1. The van der Waals surface area contributed by atoms with Gasteiger partial charge in [-0.1, -0.05) is 18.2 Å². The van der Waals surface area contributed by atoms with Crippen LogP contribution in [0.2, 0.25) is 0 Å². The van der Waals surface area contributed by atoms with E-state index < -0.39 is 0 Å². The summed E-state index contributed by atoms with van der Waals surface area (Å²) in [6.45, 7) is 2.06. The van der Waals surface area contributed by atoms with Crippen molar-refractivity contribution >= 4 is 51.7 Å². The SMILES string of the molecule is CCOC(=O)c1c(NC(=O)CSc2nc3c(c(=O)n2-c2ccc(OC)cc2)SCC3)sc2c1CCCCC2. The molecule has 3 aromatic rings. The number of amides is 1. The summed E-state index contributed by atoms with van der Waals surface area (Å²) in [5.41, 5.74) is 2.82. The maximum absolute atomic E-state index is 13.4. The fourth-order valence-electron chi connectivity index (χ4n) is 4.69. The van der Waals surface area contributed by atoms with Crippen LogP contribution in [0.15, 0.2) is 39.1 Å². The van der Waals surface area contributed by atoms with Crippen LogP contribution in [0.1, 0.15) is 52.7 Å². The van der Waals surface area contributed by atoms with Gasteiger partial charge in [-0.15, -0.1) is 23.1 Å². The van der Waals surface area contributed by atoms with E-state index in [4.69, 9.17) is 14.5 Å².